The second-order valence-electron chi connectivity index (χ2n) is 8.64. The van der Waals surface area contributed by atoms with Crippen LogP contribution < -0.4 is 9.62 Å². The lowest BCUT2D eigenvalue weighted by Gasteiger charge is -2.33. The molecular formula is C27H39N3O4S. The fourth-order valence-corrected chi connectivity index (χ4v) is 4.93. The number of benzene rings is 2. The molecule has 2 aromatic rings. The minimum Gasteiger partial charge on any atom is -0.354 e. The van der Waals surface area contributed by atoms with Gasteiger partial charge in [-0.1, -0.05) is 75.7 Å². The van der Waals surface area contributed by atoms with Crippen LogP contribution in [0.25, 0.3) is 0 Å². The molecule has 1 N–H and O–H groups in total. The summed E-state index contributed by atoms with van der Waals surface area (Å²) < 4.78 is 26.7. The average molecular weight is 502 g/mol. The first-order valence-corrected chi connectivity index (χ1v) is 14.2. The number of aryl methyl sites for hydroxylation is 1. The highest BCUT2D eigenvalue weighted by Gasteiger charge is 2.31. The van der Waals surface area contributed by atoms with Gasteiger partial charge in [0, 0.05) is 13.1 Å². The van der Waals surface area contributed by atoms with Crippen LogP contribution in [0.2, 0.25) is 0 Å². The van der Waals surface area contributed by atoms with Crippen LogP contribution in [-0.4, -0.2) is 57.1 Å². The van der Waals surface area contributed by atoms with Gasteiger partial charge in [0.25, 0.3) is 0 Å². The highest BCUT2D eigenvalue weighted by Crippen LogP contribution is 2.24. The number of sulfonamides is 1. The third-order valence-corrected chi connectivity index (χ3v) is 7.15. The Morgan fingerprint density at radius 2 is 1.63 bits per heavy atom. The molecule has 35 heavy (non-hydrogen) atoms. The lowest BCUT2D eigenvalue weighted by Crippen LogP contribution is -2.53. The summed E-state index contributed by atoms with van der Waals surface area (Å²) in [6.07, 6.45) is 4.55. The van der Waals surface area contributed by atoms with E-state index in [4.69, 9.17) is 0 Å². The number of amides is 2. The highest BCUT2D eigenvalue weighted by atomic mass is 32.2. The molecule has 0 radical (unpaired) electrons. The number of rotatable bonds is 14. The molecule has 0 bridgehead atoms. The molecule has 192 valence electrons. The molecule has 0 aliphatic carbocycles. The molecule has 0 spiro atoms. The number of nitrogens with zero attached hydrogens (tertiary/aromatic N) is 2. The van der Waals surface area contributed by atoms with Gasteiger partial charge in [0.15, 0.2) is 0 Å². The summed E-state index contributed by atoms with van der Waals surface area (Å²) in [5, 5.41) is 2.94. The van der Waals surface area contributed by atoms with E-state index in [2.05, 4.69) is 5.32 Å². The van der Waals surface area contributed by atoms with Gasteiger partial charge in [-0.2, -0.15) is 0 Å². The first-order valence-electron chi connectivity index (χ1n) is 12.4. The van der Waals surface area contributed by atoms with Crippen LogP contribution in [0, 0.1) is 0 Å². The summed E-state index contributed by atoms with van der Waals surface area (Å²) in [7, 11) is -3.73. The number of anilines is 1. The second-order valence-corrected chi connectivity index (χ2v) is 10.6. The Balaban J connectivity index is 2.36. The Bertz CT molecular complexity index is 1060. The molecule has 0 unspecified atom stereocenters. The van der Waals surface area contributed by atoms with E-state index >= 15 is 0 Å². The second kappa shape index (κ2) is 13.9. The SMILES string of the molecule is CCCCNC(=O)[C@@H](CC)N(CCc1ccccc1)C(=O)CN(c1ccccc1CC)S(C)(=O)=O. The van der Waals surface area contributed by atoms with Crippen molar-refractivity contribution in [2.75, 3.05) is 30.2 Å². The van der Waals surface area contributed by atoms with E-state index in [1.807, 2.05) is 63.2 Å². The first kappa shape index (κ1) is 28.4. The van der Waals surface area contributed by atoms with Gasteiger partial charge >= 0.3 is 0 Å². The standard InChI is InChI=1S/C27H39N3O4S/c1-5-8-19-28-27(32)24(7-3)29(20-18-22-14-10-9-11-15-22)26(31)21-30(35(4,33)34)25-17-13-12-16-23(25)6-2/h9-17,24H,5-8,18-21H2,1-4H3,(H,28,32)/t24-/m1/s1. The monoisotopic (exact) mass is 501 g/mol. The molecule has 7 nitrogen and oxygen atoms in total. The lowest BCUT2D eigenvalue weighted by atomic mass is 10.1. The van der Waals surface area contributed by atoms with Crippen LogP contribution in [0.3, 0.4) is 0 Å². The van der Waals surface area contributed by atoms with Crippen molar-refractivity contribution in [1.82, 2.24) is 10.2 Å². The van der Waals surface area contributed by atoms with Crippen LogP contribution in [0.5, 0.6) is 0 Å². The number of hydrogen-bond acceptors (Lipinski definition) is 4. The van der Waals surface area contributed by atoms with Crippen molar-refractivity contribution in [3.8, 4) is 0 Å². The molecule has 0 aromatic heterocycles. The molecule has 8 heteroatoms. The lowest BCUT2D eigenvalue weighted by molar-refractivity contribution is -0.139. The molecule has 0 aliphatic heterocycles. The van der Waals surface area contributed by atoms with Crippen LogP contribution in [-0.2, 0) is 32.5 Å². The fraction of sp³-hybridized carbons (Fsp3) is 0.481. The largest absolute Gasteiger partial charge is 0.354 e. The summed E-state index contributed by atoms with van der Waals surface area (Å²) in [5.41, 5.74) is 2.38. The zero-order chi connectivity index (χ0) is 25.8. The maximum absolute atomic E-state index is 13.7. The van der Waals surface area contributed by atoms with Crippen LogP contribution in [0.1, 0.15) is 51.2 Å². The van der Waals surface area contributed by atoms with E-state index in [1.165, 1.54) is 0 Å². The van der Waals surface area contributed by atoms with Crippen molar-refractivity contribution in [3.05, 3.63) is 65.7 Å². The Hall–Kier alpha value is -2.87. The topological polar surface area (TPSA) is 86.8 Å². The van der Waals surface area contributed by atoms with Crippen LogP contribution in [0.4, 0.5) is 5.69 Å². The third kappa shape index (κ3) is 8.38. The molecule has 2 aromatic carbocycles. The first-order chi connectivity index (χ1) is 16.7. The van der Waals surface area contributed by atoms with E-state index in [-0.39, 0.29) is 12.5 Å². The molecule has 0 heterocycles. The minimum atomic E-state index is -3.73. The Labute approximate surface area is 210 Å². The van der Waals surface area contributed by atoms with Gasteiger partial charge in [-0.05, 0) is 42.9 Å². The Morgan fingerprint density at radius 3 is 2.23 bits per heavy atom. The number of carbonyl (C=O) groups excluding carboxylic acids is 2. The predicted molar refractivity (Wildman–Crippen MR) is 142 cm³/mol. The maximum atomic E-state index is 13.7. The van der Waals surface area contributed by atoms with Crippen LogP contribution in [0.15, 0.2) is 54.6 Å². The molecule has 0 fully saturated rings. The fourth-order valence-electron chi connectivity index (χ4n) is 4.05. The van der Waals surface area contributed by atoms with Gasteiger partial charge in [-0.25, -0.2) is 8.42 Å². The third-order valence-electron chi connectivity index (χ3n) is 6.02. The van der Waals surface area contributed by atoms with Crippen molar-refractivity contribution in [3.63, 3.8) is 0 Å². The van der Waals surface area contributed by atoms with Gasteiger partial charge in [0.05, 0.1) is 11.9 Å². The molecule has 2 amide bonds. The van der Waals surface area contributed by atoms with E-state index < -0.39 is 22.0 Å². The summed E-state index contributed by atoms with van der Waals surface area (Å²) in [4.78, 5) is 28.2. The van der Waals surface area contributed by atoms with Crippen molar-refractivity contribution in [1.29, 1.82) is 0 Å². The summed E-state index contributed by atoms with van der Waals surface area (Å²) >= 11 is 0. The van der Waals surface area contributed by atoms with Crippen molar-refractivity contribution in [2.24, 2.45) is 0 Å². The average Bonchev–Trinajstić information content (AvgIpc) is 2.84. The number of carbonyl (C=O) groups is 2. The van der Waals surface area contributed by atoms with E-state index in [1.54, 1.807) is 17.0 Å². The van der Waals surface area contributed by atoms with E-state index in [0.29, 0.717) is 38.0 Å². The molecule has 0 saturated heterocycles. The zero-order valence-corrected chi connectivity index (χ0v) is 22.2. The van der Waals surface area contributed by atoms with Gasteiger partial charge < -0.3 is 10.2 Å². The summed E-state index contributed by atoms with van der Waals surface area (Å²) in [6, 6.07) is 16.3. The summed E-state index contributed by atoms with van der Waals surface area (Å²) in [6.45, 7) is 6.37. The zero-order valence-electron chi connectivity index (χ0n) is 21.4. The molecule has 0 aliphatic rings. The smallest absolute Gasteiger partial charge is 0.244 e. The molecular weight excluding hydrogens is 462 g/mol. The van der Waals surface area contributed by atoms with Gasteiger partial charge in [-0.3, -0.25) is 13.9 Å². The van der Waals surface area contributed by atoms with Gasteiger partial charge in [0.1, 0.15) is 12.6 Å². The van der Waals surface area contributed by atoms with E-state index in [9.17, 15) is 18.0 Å². The number of para-hydroxylation sites is 1. The normalized spacial score (nSPS) is 12.1. The highest BCUT2D eigenvalue weighted by molar-refractivity contribution is 7.92. The summed E-state index contributed by atoms with van der Waals surface area (Å²) in [5.74, 6) is -0.600. The Kier molecular flexibility index (Phi) is 11.2. The predicted octanol–water partition coefficient (Wildman–Crippen LogP) is 3.78. The van der Waals surface area contributed by atoms with Crippen molar-refractivity contribution in [2.45, 2.75) is 58.9 Å². The van der Waals surface area contributed by atoms with E-state index in [0.717, 1.165) is 34.5 Å². The van der Waals surface area contributed by atoms with Gasteiger partial charge in [0.2, 0.25) is 21.8 Å². The molecule has 2 rings (SSSR count). The van der Waals surface area contributed by atoms with Crippen molar-refractivity contribution < 1.29 is 18.0 Å². The maximum Gasteiger partial charge on any atom is 0.244 e. The number of hydrogen-bond donors (Lipinski definition) is 1. The van der Waals surface area contributed by atoms with Crippen LogP contribution >= 0.6 is 0 Å². The van der Waals surface area contributed by atoms with Gasteiger partial charge in [-0.15, -0.1) is 0 Å². The minimum absolute atomic E-state index is 0.206. The number of unbranched alkanes of at least 4 members (excludes halogenated alkanes) is 1. The molecule has 1 atom stereocenters. The quantitative estimate of drug-likeness (QED) is 0.399. The van der Waals surface area contributed by atoms with Crippen molar-refractivity contribution >= 4 is 27.5 Å². The Morgan fingerprint density at radius 1 is 0.971 bits per heavy atom. The molecule has 0 saturated carbocycles. The number of nitrogens with one attached hydrogen (secondary N) is 1.